The average Bonchev–Trinajstić information content (AvgIpc) is 2.76. The van der Waals surface area contributed by atoms with Gasteiger partial charge in [0.15, 0.2) is 5.79 Å². The summed E-state index contributed by atoms with van der Waals surface area (Å²) in [5, 5.41) is 20.4. The predicted molar refractivity (Wildman–Crippen MR) is 114 cm³/mol. The Morgan fingerprint density at radius 3 is 2.53 bits per heavy atom. The first kappa shape index (κ1) is 23.0. The van der Waals surface area contributed by atoms with Crippen molar-refractivity contribution in [2.75, 3.05) is 27.4 Å². The number of hydrogen-bond donors (Lipinski definition) is 2. The maximum atomic E-state index is 10.3. The summed E-state index contributed by atoms with van der Waals surface area (Å²) in [7, 11) is 3.15. The molecule has 2 aromatic carbocycles. The number of benzene rings is 2. The number of ether oxygens (including phenoxy) is 4. The van der Waals surface area contributed by atoms with Crippen molar-refractivity contribution < 1.29 is 29.2 Å². The molecule has 1 aliphatic rings. The smallest absolute Gasteiger partial charge is 0.197 e. The number of methoxy groups -OCH3 is 2. The van der Waals surface area contributed by atoms with Crippen LogP contribution >= 0.6 is 11.6 Å². The van der Waals surface area contributed by atoms with E-state index in [-0.39, 0.29) is 13.0 Å². The molecule has 4 unspecified atom stereocenters. The molecule has 0 radical (unpaired) electrons. The molecule has 0 spiro atoms. The summed E-state index contributed by atoms with van der Waals surface area (Å²) < 4.78 is 23.1. The van der Waals surface area contributed by atoms with E-state index in [9.17, 15) is 10.2 Å². The van der Waals surface area contributed by atoms with Crippen molar-refractivity contribution >= 4 is 11.6 Å². The molecule has 7 heteroatoms. The van der Waals surface area contributed by atoms with E-state index in [1.165, 1.54) is 7.11 Å². The molecule has 0 aliphatic carbocycles. The summed E-state index contributed by atoms with van der Waals surface area (Å²) in [6.45, 7) is 2.34. The third-order valence-electron chi connectivity index (χ3n) is 5.38. The molecule has 1 saturated heterocycles. The molecular formula is C23H29ClO6. The zero-order valence-corrected chi connectivity index (χ0v) is 18.3. The average molecular weight is 437 g/mol. The van der Waals surface area contributed by atoms with Gasteiger partial charge in [-0.25, -0.2) is 0 Å². The van der Waals surface area contributed by atoms with Crippen LogP contribution in [0.3, 0.4) is 0 Å². The van der Waals surface area contributed by atoms with Crippen molar-refractivity contribution in [1.29, 1.82) is 0 Å². The maximum absolute atomic E-state index is 10.3. The Hall–Kier alpha value is -1.67. The lowest BCUT2D eigenvalue weighted by atomic mass is 9.90. The third-order valence-corrected chi connectivity index (χ3v) is 5.72. The first-order valence-corrected chi connectivity index (χ1v) is 10.4. The van der Waals surface area contributed by atoms with Gasteiger partial charge in [-0.2, -0.15) is 0 Å². The van der Waals surface area contributed by atoms with Gasteiger partial charge in [0.25, 0.3) is 0 Å². The van der Waals surface area contributed by atoms with Crippen LogP contribution in [-0.2, 0) is 20.0 Å². The molecule has 1 aliphatic heterocycles. The highest BCUT2D eigenvalue weighted by Gasteiger charge is 2.43. The maximum Gasteiger partial charge on any atom is 0.197 e. The number of aliphatic hydroxyl groups excluding tert-OH is 2. The van der Waals surface area contributed by atoms with Gasteiger partial charge in [-0.3, -0.25) is 0 Å². The van der Waals surface area contributed by atoms with Crippen molar-refractivity contribution in [2.45, 2.75) is 43.9 Å². The fourth-order valence-corrected chi connectivity index (χ4v) is 4.16. The van der Waals surface area contributed by atoms with Crippen LogP contribution in [0.1, 0.15) is 42.6 Å². The first-order chi connectivity index (χ1) is 14.5. The summed E-state index contributed by atoms with van der Waals surface area (Å²) in [6.07, 6.45) is -0.975. The molecule has 3 rings (SSSR count). The van der Waals surface area contributed by atoms with Gasteiger partial charge in [0.1, 0.15) is 11.9 Å². The summed E-state index contributed by atoms with van der Waals surface area (Å²) in [5.74, 6) is -0.393. The molecule has 30 heavy (non-hydrogen) atoms. The van der Waals surface area contributed by atoms with Crippen molar-refractivity contribution in [3.63, 3.8) is 0 Å². The van der Waals surface area contributed by atoms with Crippen LogP contribution in [0.4, 0.5) is 0 Å². The van der Waals surface area contributed by atoms with Crippen molar-refractivity contribution in [1.82, 2.24) is 0 Å². The van der Waals surface area contributed by atoms with Gasteiger partial charge in [0.2, 0.25) is 0 Å². The van der Waals surface area contributed by atoms with Crippen LogP contribution in [0.25, 0.3) is 0 Å². The second-order valence-electron chi connectivity index (χ2n) is 7.33. The van der Waals surface area contributed by atoms with E-state index in [0.717, 1.165) is 16.9 Å². The van der Waals surface area contributed by atoms with Crippen LogP contribution in [0.15, 0.2) is 42.5 Å². The number of aliphatic hydroxyl groups is 2. The molecule has 0 bridgehead atoms. The SMILES string of the molecule is CCOc1ccc(C(OC)c2cc(C3(OC)CC(O)CC(CO)O3)ccc2Cl)cc1. The van der Waals surface area contributed by atoms with E-state index in [1.807, 2.05) is 43.3 Å². The predicted octanol–water partition coefficient (Wildman–Crippen LogP) is 3.81. The second kappa shape index (κ2) is 10.1. The van der Waals surface area contributed by atoms with Gasteiger partial charge in [0.05, 0.1) is 25.4 Å². The van der Waals surface area contributed by atoms with Crippen molar-refractivity contribution in [3.05, 3.63) is 64.2 Å². The fraction of sp³-hybridized carbons (Fsp3) is 0.478. The summed E-state index contributed by atoms with van der Waals surface area (Å²) >= 11 is 6.54. The third kappa shape index (κ3) is 4.80. The van der Waals surface area contributed by atoms with E-state index >= 15 is 0 Å². The summed E-state index contributed by atoms with van der Waals surface area (Å²) in [5.41, 5.74) is 2.38. The van der Waals surface area contributed by atoms with E-state index in [2.05, 4.69) is 0 Å². The molecule has 1 fully saturated rings. The van der Waals surface area contributed by atoms with Gasteiger partial charge in [0, 0.05) is 43.2 Å². The van der Waals surface area contributed by atoms with Crippen LogP contribution in [0.2, 0.25) is 5.02 Å². The van der Waals surface area contributed by atoms with Crippen LogP contribution < -0.4 is 4.74 Å². The van der Waals surface area contributed by atoms with Gasteiger partial charge < -0.3 is 29.2 Å². The topological polar surface area (TPSA) is 77.4 Å². The van der Waals surface area contributed by atoms with Gasteiger partial charge in [-0.15, -0.1) is 0 Å². The molecular weight excluding hydrogens is 408 g/mol. The highest BCUT2D eigenvalue weighted by atomic mass is 35.5. The fourth-order valence-electron chi connectivity index (χ4n) is 3.94. The van der Waals surface area contributed by atoms with Crippen LogP contribution in [0.5, 0.6) is 5.75 Å². The molecule has 164 valence electrons. The van der Waals surface area contributed by atoms with Gasteiger partial charge in [-0.05, 0) is 36.8 Å². The van der Waals surface area contributed by atoms with Gasteiger partial charge >= 0.3 is 0 Å². The normalized spacial score (nSPS) is 25.1. The van der Waals surface area contributed by atoms with Gasteiger partial charge in [-0.1, -0.05) is 29.8 Å². The van der Waals surface area contributed by atoms with E-state index < -0.39 is 24.1 Å². The molecule has 0 aromatic heterocycles. The quantitative estimate of drug-likeness (QED) is 0.655. The largest absolute Gasteiger partial charge is 0.494 e. The second-order valence-corrected chi connectivity index (χ2v) is 7.73. The van der Waals surface area contributed by atoms with E-state index in [1.54, 1.807) is 13.2 Å². The number of hydrogen-bond acceptors (Lipinski definition) is 6. The van der Waals surface area contributed by atoms with Crippen LogP contribution in [0, 0.1) is 0 Å². The molecule has 2 aromatic rings. The molecule has 0 amide bonds. The lowest BCUT2D eigenvalue weighted by Gasteiger charge is -2.42. The minimum Gasteiger partial charge on any atom is -0.494 e. The Balaban J connectivity index is 1.98. The monoisotopic (exact) mass is 436 g/mol. The van der Waals surface area contributed by atoms with E-state index in [0.29, 0.717) is 23.6 Å². The highest BCUT2D eigenvalue weighted by molar-refractivity contribution is 6.31. The zero-order chi connectivity index (χ0) is 21.7. The molecule has 0 saturated carbocycles. The minimum absolute atomic E-state index is 0.199. The lowest BCUT2D eigenvalue weighted by Crippen LogP contribution is -2.46. The van der Waals surface area contributed by atoms with Crippen molar-refractivity contribution in [3.8, 4) is 5.75 Å². The highest BCUT2D eigenvalue weighted by Crippen LogP contribution is 2.41. The Morgan fingerprint density at radius 2 is 1.93 bits per heavy atom. The van der Waals surface area contributed by atoms with Crippen LogP contribution in [-0.4, -0.2) is 49.9 Å². The number of halogens is 1. The van der Waals surface area contributed by atoms with Crippen molar-refractivity contribution in [2.24, 2.45) is 0 Å². The lowest BCUT2D eigenvalue weighted by molar-refractivity contribution is -0.298. The molecule has 1 heterocycles. The first-order valence-electron chi connectivity index (χ1n) is 10.0. The number of rotatable bonds is 8. The van der Waals surface area contributed by atoms with E-state index in [4.69, 9.17) is 30.5 Å². The summed E-state index contributed by atoms with van der Waals surface area (Å²) in [6, 6.07) is 13.1. The zero-order valence-electron chi connectivity index (χ0n) is 17.5. The minimum atomic E-state index is -1.18. The summed E-state index contributed by atoms with van der Waals surface area (Å²) in [4.78, 5) is 0. The standard InChI is InChI=1S/C23H29ClO6/c1-4-29-18-8-5-15(6-9-18)22(27-2)20-11-16(7-10-21(20)24)23(28-3)13-17(26)12-19(14-25)30-23/h5-11,17,19,22,25-26H,4,12-14H2,1-3H3. The Labute approximate surface area is 182 Å². The Bertz CT molecular complexity index is 827. The molecule has 4 atom stereocenters. The molecule has 6 nitrogen and oxygen atoms in total. The molecule has 2 N–H and O–H groups in total. The Morgan fingerprint density at radius 1 is 1.20 bits per heavy atom. The Kier molecular flexibility index (Phi) is 7.74.